The van der Waals surface area contributed by atoms with Crippen LogP contribution in [0.1, 0.15) is 12.0 Å². The van der Waals surface area contributed by atoms with Crippen molar-refractivity contribution < 1.29 is 24.0 Å². The number of hydrogen-bond acceptors (Lipinski definition) is 8. The van der Waals surface area contributed by atoms with Crippen molar-refractivity contribution in [2.24, 2.45) is 28.8 Å². The number of pyridine rings is 1. The van der Waals surface area contributed by atoms with Gasteiger partial charge in [0.1, 0.15) is 6.20 Å². The van der Waals surface area contributed by atoms with Crippen LogP contribution in [0.15, 0.2) is 52.2 Å². The van der Waals surface area contributed by atoms with Crippen molar-refractivity contribution in [1.82, 2.24) is 9.99 Å². The van der Waals surface area contributed by atoms with E-state index in [1.54, 1.807) is 12.1 Å². The summed E-state index contributed by atoms with van der Waals surface area (Å²) in [4.78, 5) is 40.0. The number of halogens is 1. The van der Waals surface area contributed by atoms with Gasteiger partial charge in [-0.1, -0.05) is 28.1 Å². The molecule has 0 spiro atoms. The number of ether oxygens (including phenoxy) is 2. The largest absolute Gasteiger partial charge is 0.493 e. The van der Waals surface area contributed by atoms with Gasteiger partial charge in [0.15, 0.2) is 11.5 Å². The van der Waals surface area contributed by atoms with Crippen LogP contribution in [0.4, 0.5) is 5.69 Å². The Balaban J connectivity index is 1.45. The number of allylic oxidation sites excluding steroid dienone is 2. The molecule has 1 aliphatic heterocycles. The zero-order chi connectivity index (χ0) is 23.3. The van der Waals surface area contributed by atoms with E-state index in [9.17, 15) is 19.7 Å². The Kier molecular flexibility index (Phi) is 5.20. The van der Waals surface area contributed by atoms with Crippen molar-refractivity contribution in [1.29, 1.82) is 0 Å². The number of nitrogens with zero attached hydrogens (tertiary/aromatic N) is 4. The summed E-state index contributed by atoms with van der Waals surface area (Å²) in [6, 6.07) is 5.98. The lowest BCUT2D eigenvalue weighted by Crippen LogP contribution is -2.28. The number of aromatic nitrogens is 1. The molecule has 2 bridgehead atoms. The second kappa shape index (κ2) is 8.07. The van der Waals surface area contributed by atoms with Crippen molar-refractivity contribution >= 4 is 39.6 Å². The Morgan fingerprint density at radius 1 is 1.21 bits per heavy atom. The van der Waals surface area contributed by atoms with Crippen LogP contribution in [0.25, 0.3) is 0 Å². The molecule has 5 rings (SSSR count). The number of benzene rings is 1. The molecule has 4 atom stereocenters. The number of methoxy groups -OCH3 is 1. The number of amides is 2. The maximum Gasteiger partial charge on any atom is 0.287 e. The van der Waals surface area contributed by atoms with Crippen LogP contribution in [0, 0.1) is 33.8 Å². The van der Waals surface area contributed by atoms with Crippen LogP contribution in [-0.4, -0.2) is 40.1 Å². The summed E-state index contributed by atoms with van der Waals surface area (Å²) in [5, 5.41) is 16.0. The zero-order valence-electron chi connectivity index (χ0n) is 17.3. The van der Waals surface area contributed by atoms with Crippen LogP contribution >= 0.6 is 15.9 Å². The Bertz CT molecular complexity index is 1200. The smallest absolute Gasteiger partial charge is 0.287 e. The molecule has 0 unspecified atom stereocenters. The number of carbonyl (C=O) groups is 2. The number of fused-ring (bicyclic) bond motifs is 5. The van der Waals surface area contributed by atoms with Gasteiger partial charge in [-0.05, 0) is 30.4 Å². The highest BCUT2D eigenvalue weighted by atomic mass is 79.9. The van der Waals surface area contributed by atoms with E-state index in [1.165, 1.54) is 25.5 Å². The molecular formula is C22H17BrN4O6. The summed E-state index contributed by atoms with van der Waals surface area (Å²) in [6.07, 6.45) is 7.32. The fourth-order valence-electron chi connectivity index (χ4n) is 4.71. The molecule has 2 amide bonds. The first-order valence-electron chi connectivity index (χ1n) is 10.1. The lowest BCUT2D eigenvalue weighted by Gasteiger charge is -2.14. The first-order chi connectivity index (χ1) is 15.9. The summed E-state index contributed by atoms with van der Waals surface area (Å²) in [6.45, 7) is 0. The van der Waals surface area contributed by atoms with Gasteiger partial charge in [-0.15, -0.1) is 0 Å². The fourth-order valence-corrected chi connectivity index (χ4v) is 5.17. The van der Waals surface area contributed by atoms with E-state index in [2.05, 4.69) is 26.0 Å². The van der Waals surface area contributed by atoms with Crippen LogP contribution in [0.2, 0.25) is 0 Å². The van der Waals surface area contributed by atoms with Crippen LogP contribution in [0.5, 0.6) is 17.4 Å². The maximum absolute atomic E-state index is 12.9. The van der Waals surface area contributed by atoms with Gasteiger partial charge in [0, 0.05) is 22.2 Å². The molecule has 10 nitrogen and oxygen atoms in total. The number of carbonyl (C=O) groups excluding carboxylic acids is 2. The molecule has 11 heteroatoms. The van der Waals surface area contributed by atoms with Crippen molar-refractivity contribution in [3.63, 3.8) is 0 Å². The Morgan fingerprint density at radius 2 is 1.91 bits per heavy atom. The van der Waals surface area contributed by atoms with Crippen molar-refractivity contribution in [2.75, 3.05) is 7.11 Å². The minimum atomic E-state index is -0.559. The molecule has 3 aliphatic rings. The van der Waals surface area contributed by atoms with Gasteiger partial charge >= 0.3 is 0 Å². The standard InChI is InChI=1S/C22H17BrN4O6/c1-32-16-8-14(23)7-13(20(16)33-17-5-4-15(10-24-17)27(30)31)9-25-26-21(28)18-11-2-3-12(6-11)19(18)22(26)29/h2-5,7-12,18-19H,6H2,1H3/t11-,12-,18-,19+/m0/s1. The molecule has 168 valence electrons. The quantitative estimate of drug-likeness (QED) is 0.190. The molecule has 2 fully saturated rings. The average molecular weight is 513 g/mol. The van der Waals surface area contributed by atoms with E-state index >= 15 is 0 Å². The van der Waals surface area contributed by atoms with Crippen LogP contribution < -0.4 is 9.47 Å². The molecule has 1 saturated heterocycles. The molecular weight excluding hydrogens is 496 g/mol. The van der Waals surface area contributed by atoms with E-state index in [1.807, 2.05) is 12.2 Å². The number of imide groups is 1. The molecule has 33 heavy (non-hydrogen) atoms. The second-order valence-corrected chi connectivity index (χ2v) is 8.89. The van der Waals surface area contributed by atoms with Gasteiger partial charge in [-0.3, -0.25) is 19.7 Å². The summed E-state index contributed by atoms with van der Waals surface area (Å²) in [7, 11) is 1.45. The minimum Gasteiger partial charge on any atom is -0.493 e. The molecule has 1 aromatic carbocycles. The molecule has 0 radical (unpaired) electrons. The predicted octanol–water partition coefficient (Wildman–Crippen LogP) is 3.69. The monoisotopic (exact) mass is 512 g/mol. The molecule has 2 aliphatic carbocycles. The Labute approximate surface area is 196 Å². The van der Waals surface area contributed by atoms with E-state index in [0.29, 0.717) is 15.8 Å². The van der Waals surface area contributed by atoms with Crippen molar-refractivity contribution in [3.05, 3.63) is 62.8 Å². The highest BCUT2D eigenvalue weighted by molar-refractivity contribution is 9.10. The average Bonchev–Trinajstić information content (AvgIpc) is 3.48. The van der Waals surface area contributed by atoms with Crippen molar-refractivity contribution in [2.45, 2.75) is 6.42 Å². The number of nitro groups is 1. The third-order valence-corrected chi connectivity index (χ3v) is 6.62. The summed E-state index contributed by atoms with van der Waals surface area (Å²) in [5.41, 5.74) is 0.243. The van der Waals surface area contributed by atoms with Gasteiger partial charge < -0.3 is 9.47 Å². The predicted molar refractivity (Wildman–Crippen MR) is 119 cm³/mol. The van der Waals surface area contributed by atoms with E-state index in [-0.39, 0.29) is 52.8 Å². The first-order valence-corrected chi connectivity index (χ1v) is 10.9. The highest BCUT2D eigenvalue weighted by Gasteiger charge is 2.59. The lowest BCUT2D eigenvalue weighted by molar-refractivity contribution is -0.385. The minimum absolute atomic E-state index is 0.0923. The molecule has 0 N–H and O–H groups in total. The molecule has 2 heterocycles. The molecule has 1 saturated carbocycles. The van der Waals surface area contributed by atoms with E-state index in [0.717, 1.165) is 17.6 Å². The van der Waals surface area contributed by atoms with E-state index < -0.39 is 4.92 Å². The summed E-state index contributed by atoms with van der Waals surface area (Å²) in [5.74, 6) is -0.426. The SMILES string of the molecule is COc1cc(Br)cc(C=NN2C(=O)[C@@H]3[C@H](C2=O)[C@H]2C=C[C@H]3C2)c1Oc1ccc([N+](=O)[O-])cn1. The molecule has 1 aromatic heterocycles. The lowest BCUT2D eigenvalue weighted by atomic mass is 9.85. The van der Waals surface area contributed by atoms with Crippen LogP contribution in [0.3, 0.4) is 0 Å². The summed E-state index contributed by atoms with van der Waals surface area (Å²) < 4.78 is 11.9. The topological polar surface area (TPSA) is 124 Å². The van der Waals surface area contributed by atoms with Gasteiger partial charge in [0.25, 0.3) is 17.5 Å². The molecule has 2 aromatic rings. The second-order valence-electron chi connectivity index (χ2n) is 7.97. The van der Waals surface area contributed by atoms with E-state index in [4.69, 9.17) is 9.47 Å². The Morgan fingerprint density at radius 3 is 2.48 bits per heavy atom. The van der Waals surface area contributed by atoms with Gasteiger partial charge in [0.2, 0.25) is 5.88 Å². The van der Waals surface area contributed by atoms with Crippen LogP contribution in [-0.2, 0) is 9.59 Å². The van der Waals surface area contributed by atoms with Crippen molar-refractivity contribution in [3.8, 4) is 17.4 Å². The number of hydrazone groups is 1. The van der Waals surface area contributed by atoms with Gasteiger partial charge in [-0.2, -0.15) is 10.1 Å². The van der Waals surface area contributed by atoms with Gasteiger partial charge in [0.05, 0.1) is 30.1 Å². The first kappa shape index (κ1) is 21.3. The fraction of sp³-hybridized carbons (Fsp3) is 0.273. The number of hydrogen-bond donors (Lipinski definition) is 0. The Hall–Kier alpha value is -3.60. The highest BCUT2D eigenvalue weighted by Crippen LogP contribution is 2.52. The third-order valence-electron chi connectivity index (χ3n) is 6.17. The third kappa shape index (κ3) is 3.58. The summed E-state index contributed by atoms with van der Waals surface area (Å²) >= 11 is 3.40. The van der Waals surface area contributed by atoms with Gasteiger partial charge in [-0.25, -0.2) is 4.98 Å². The maximum atomic E-state index is 12.9. The zero-order valence-corrected chi connectivity index (χ0v) is 18.8. The number of rotatable bonds is 6. The normalized spacial score (nSPS) is 25.2.